The number of rotatable bonds is 4. The van der Waals surface area contributed by atoms with Crippen LogP contribution in [0.1, 0.15) is 26.7 Å². The van der Waals surface area contributed by atoms with E-state index in [0.717, 1.165) is 6.61 Å². The number of thioether (sulfide) groups is 1. The summed E-state index contributed by atoms with van der Waals surface area (Å²) in [6.45, 7) is 5.15. The van der Waals surface area contributed by atoms with Crippen LogP contribution in [0.4, 0.5) is 0 Å². The fraction of sp³-hybridized carbons (Fsp3) is 1.00. The zero-order valence-electron chi connectivity index (χ0n) is 8.01. The highest BCUT2D eigenvalue weighted by Crippen LogP contribution is 2.16. The van der Waals surface area contributed by atoms with Gasteiger partial charge in [-0.1, -0.05) is 13.8 Å². The molecule has 0 aliphatic carbocycles. The standard InChI is InChI=1S/C9H19NOS/c1-8(2)7-11-10-9-3-5-12-6-4-9/h8-10H,3-7H2,1-2H3. The van der Waals surface area contributed by atoms with E-state index in [1.165, 1.54) is 24.3 Å². The van der Waals surface area contributed by atoms with Crippen LogP contribution in [-0.4, -0.2) is 24.2 Å². The summed E-state index contributed by atoms with van der Waals surface area (Å²) < 4.78 is 0. The second-order valence-electron chi connectivity index (χ2n) is 3.71. The van der Waals surface area contributed by atoms with Gasteiger partial charge in [0.05, 0.1) is 6.61 Å². The lowest BCUT2D eigenvalue weighted by Crippen LogP contribution is -2.33. The van der Waals surface area contributed by atoms with Gasteiger partial charge in [-0.05, 0) is 30.3 Å². The molecule has 0 spiro atoms. The Morgan fingerprint density at radius 3 is 2.67 bits per heavy atom. The molecule has 1 aliphatic rings. The molecule has 3 heteroatoms. The lowest BCUT2D eigenvalue weighted by Gasteiger charge is -2.22. The molecule has 2 nitrogen and oxygen atoms in total. The van der Waals surface area contributed by atoms with E-state index in [4.69, 9.17) is 4.84 Å². The van der Waals surface area contributed by atoms with Crippen LogP contribution in [-0.2, 0) is 4.84 Å². The molecule has 0 aromatic heterocycles. The summed E-state index contributed by atoms with van der Waals surface area (Å²) in [5.41, 5.74) is 3.14. The first kappa shape index (κ1) is 10.4. The van der Waals surface area contributed by atoms with E-state index < -0.39 is 0 Å². The molecule has 1 rings (SSSR count). The maximum absolute atomic E-state index is 5.38. The minimum absolute atomic E-state index is 0.602. The minimum atomic E-state index is 0.602. The Balaban J connectivity index is 1.98. The van der Waals surface area contributed by atoms with Crippen molar-refractivity contribution in [2.24, 2.45) is 5.92 Å². The van der Waals surface area contributed by atoms with Gasteiger partial charge in [0.2, 0.25) is 0 Å². The predicted molar refractivity (Wildman–Crippen MR) is 54.3 cm³/mol. The van der Waals surface area contributed by atoms with Gasteiger partial charge in [-0.3, -0.25) is 0 Å². The molecular weight excluding hydrogens is 170 g/mol. The van der Waals surface area contributed by atoms with E-state index in [9.17, 15) is 0 Å². The number of hydroxylamine groups is 1. The van der Waals surface area contributed by atoms with Crippen LogP contribution in [0.15, 0.2) is 0 Å². The maximum Gasteiger partial charge on any atom is 0.0705 e. The first-order valence-electron chi connectivity index (χ1n) is 4.74. The Bertz CT molecular complexity index is 113. The van der Waals surface area contributed by atoms with Gasteiger partial charge in [0, 0.05) is 6.04 Å². The lowest BCUT2D eigenvalue weighted by molar-refractivity contribution is -0.000753. The zero-order chi connectivity index (χ0) is 8.81. The van der Waals surface area contributed by atoms with E-state index in [-0.39, 0.29) is 0 Å². The molecule has 1 fully saturated rings. The number of hydrogen-bond donors (Lipinski definition) is 1. The fourth-order valence-corrected chi connectivity index (χ4v) is 2.25. The molecule has 0 aromatic carbocycles. The van der Waals surface area contributed by atoms with Gasteiger partial charge in [-0.2, -0.15) is 17.2 Å². The SMILES string of the molecule is CC(C)CONC1CCSCC1. The largest absolute Gasteiger partial charge is 0.301 e. The van der Waals surface area contributed by atoms with E-state index >= 15 is 0 Å². The molecule has 1 aliphatic heterocycles. The fourth-order valence-electron chi connectivity index (χ4n) is 1.15. The van der Waals surface area contributed by atoms with Crippen molar-refractivity contribution in [2.75, 3.05) is 18.1 Å². The monoisotopic (exact) mass is 189 g/mol. The predicted octanol–water partition coefficient (Wildman–Crippen LogP) is 2.06. The molecule has 0 saturated carbocycles. The van der Waals surface area contributed by atoms with Gasteiger partial charge in [-0.15, -0.1) is 0 Å². The van der Waals surface area contributed by atoms with Crippen molar-refractivity contribution >= 4 is 11.8 Å². The van der Waals surface area contributed by atoms with Gasteiger partial charge >= 0.3 is 0 Å². The van der Waals surface area contributed by atoms with Crippen molar-refractivity contribution < 1.29 is 4.84 Å². The van der Waals surface area contributed by atoms with E-state index in [1.54, 1.807) is 0 Å². The van der Waals surface area contributed by atoms with Gasteiger partial charge in [0.25, 0.3) is 0 Å². The van der Waals surface area contributed by atoms with Crippen molar-refractivity contribution in [1.29, 1.82) is 0 Å². The summed E-state index contributed by atoms with van der Waals surface area (Å²) in [5, 5.41) is 0. The molecule has 72 valence electrons. The highest BCUT2D eigenvalue weighted by molar-refractivity contribution is 7.99. The van der Waals surface area contributed by atoms with Gasteiger partial charge in [-0.25, -0.2) is 0 Å². The van der Waals surface area contributed by atoms with E-state index in [2.05, 4.69) is 19.3 Å². The Kier molecular flexibility index (Phi) is 5.04. The van der Waals surface area contributed by atoms with Crippen LogP contribution in [0.2, 0.25) is 0 Å². The topological polar surface area (TPSA) is 21.3 Å². The van der Waals surface area contributed by atoms with Crippen LogP contribution < -0.4 is 5.48 Å². The average Bonchev–Trinajstić information content (AvgIpc) is 2.05. The van der Waals surface area contributed by atoms with E-state index in [1.807, 2.05) is 11.8 Å². The van der Waals surface area contributed by atoms with Gasteiger partial charge in [0.15, 0.2) is 0 Å². The highest BCUT2D eigenvalue weighted by Gasteiger charge is 2.12. The van der Waals surface area contributed by atoms with Crippen molar-refractivity contribution in [3.63, 3.8) is 0 Å². The number of nitrogens with one attached hydrogen (secondary N) is 1. The molecule has 0 amide bonds. The Labute approximate surface area is 79.4 Å². The van der Waals surface area contributed by atoms with Crippen LogP contribution in [0.25, 0.3) is 0 Å². The Hall–Kier alpha value is 0.270. The normalized spacial score (nSPS) is 20.2. The summed E-state index contributed by atoms with van der Waals surface area (Å²) in [5.74, 6) is 3.18. The second kappa shape index (κ2) is 5.84. The van der Waals surface area contributed by atoms with Crippen LogP contribution in [0.5, 0.6) is 0 Å². The Morgan fingerprint density at radius 2 is 2.08 bits per heavy atom. The van der Waals surface area contributed by atoms with Gasteiger partial charge < -0.3 is 4.84 Å². The van der Waals surface area contributed by atoms with Gasteiger partial charge in [0.1, 0.15) is 0 Å². The van der Waals surface area contributed by atoms with Crippen molar-refractivity contribution in [3.8, 4) is 0 Å². The molecular formula is C9H19NOS. The summed E-state index contributed by atoms with van der Waals surface area (Å²) in [4.78, 5) is 5.38. The van der Waals surface area contributed by atoms with Crippen molar-refractivity contribution in [3.05, 3.63) is 0 Å². The maximum atomic E-state index is 5.38. The molecule has 1 saturated heterocycles. The smallest absolute Gasteiger partial charge is 0.0705 e. The molecule has 0 atom stereocenters. The quantitative estimate of drug-likeness (QED) is 0.684. The third-order valence-electron chi connectivity index (χ3n) is 1.89. The second-order valence-corrected chi connectivity index (χ2v) is 4.93. The third kappa shape index (κ3) is 4.33. The molecule has 0 unspecified atom stereocenters. The molecule has 0 bridgehead atoms. The average molecular weight is 189 g/mol. The third-order valence-corrected chi connectivity index (χ3v) is 2.94. The van der Waals surface area contributed by atoms with Crippen LogP contribution >= 0.6 is 11.8 Å². The summed E-state index contributed by atoms with van der Waals surface area (Å²) in [6, 6.07) is 0.602. The van der Waals surface area contributed by atoms with Crippen LogP contribution in [0, 0.1) is 5.92 Å². The zero-order valence-corrected chi connectivity index (χ0v) is 8.82. The molecule has 1 N–H and O–H groups in total. The first-order chi connectivity index (χ1) is 5.79. The summed E-state index contributed by atoms with van der Waals surface area (Å²) in [7, 11) is 0. The molecule has 1 heterocycles. The number of hydrogen-bond acceptors (Lipinski definition) is 3. The summed E-state index contributed by atoms with van der Waals surface area (Å²) >= 11 is 2.04. The molecule has 0 radical (unpaired) electrons. The molecule has 0 aromatic rings. The minimum Gasteiger partial charge on any atom is -0.301 e. The first-order valence-corrected chi connectivity index (χ1v) is 5.89. The van der Waals surface area contributed by atoms with Crippen LogP contribution in [0.3, 0.4) is 0 Å². The van der Waals surface area contributed by atoms with Crippen molar-refractivity contribution in [1.82, 2.24) is 5.48 Å². The van der Waals surface area contributed by atoms with Crippen molar-refractivity contribution in [2.45, 2.75) is 32.7 Å². The Morgan fingerprint density at radius 1 is 1.42 bits per heavy atom. The summed E-state index contributed by atoms with van der Waals surface area (Å²) in [6.07, 6.45) is 2.51. The lowest BCUT2D eigenvalue weighted by atomic mass is 10.2. The highest BCUT2D eigenvalue weighted by atomic mass is 32.2. The molecule has 12 heavy (non-hydrogen) atoms. The van der Waals surface area contributed by atoms with E-state index in [0.29, 0.717) is 12.0 Å².